The van der Waals surface area contributed by atoms with Crippen molar-refractivity contribution in [1.82, 2.24) is 0 Å². The highest BCUT2D eigenvalue weighted by Crippen LogP contribution is 2.36. The lowest BCUT2D eigenvalue weighted by Crippen LogP contribution is -2.30. The molecule has 4 rings (SSSR count). The van der Waals surface area contributed by atoms with Gasteiger partial charge in [0.2, 0.25) is 0 Å². The van der Waals surface area contributed by atoms with Crippen LogP contribution in [0.5, 0.6) is 0 Å². The Balaban J connectivity index is 2.22. The van der Waals surface area contributed by atoms with E-state index in [1.54, 1.807) is 6.07 Å². The van der Waals surface area contributed by atoms with E-state index in [0.717, 1.165) is 37.1 Å². The minimum atomic E-state index is -1.51. The van der Waals surface area contributed by atoms with E-state index in [1.165, 1.54) is 0 Å². The molecule has 0 aliphatic heterocycles. The van der Waals surface area contributed by atoms with Crippen molar-refractivity contribution in [2.45, 2.75) is 0 Å². The third-order valence-electron chi connectivity index (χ3n) is 4.33. The van der Waals surface area contributed by atoms with Gasteiger partial charge in [0.25, 0.3) is 0 Å². The molecule has 24 heavy (non-hydrogen) atoms. The summed E-state index contributed by atoms with van der Waals surface area (Å²) in [5.41, 5.74) is 2.60. The number of hydrogen-bond acceptors (Lipinski definition) is 2. The van der Waals surface area contributed by atoms with Crippen molar-refractivity contribution < 1.29 is 10.0 Å². The Morgan fingerprint density at radius 2 is 1.46 bits per heavy atom. The van der Waals surface area contributed by atoms with E-state index in [-0.39, 0.29) is 0 Å². The smallest absolute Gasteiger partial charge is 0.423 e. The van der Waals surface area contributed by atoms with Crippen LogP contribution in [-0.2, 0) is 0 Å². The Bertz CT molecular complexity index is 1040. The molecular weight excluding hydrogens is 363 g/mol. The Kier molecular flexibility index (Phi) is 3.89. The van der Waals surface area contributed by atoms with E-state index in [2.05, 4.69) is 34.1 Å². The molecule has 0 aromatic heterocycles. The first kappa shape index (κ1) is 15.4. The number of halogens is 1. The van der Waals surface area contributed by atoms with Crippen molar-refractivity contribution in [2.75, 3.05) is 0 Å². The zero-order valence-electron chi connectivity index (χ0n) is 12.8. The lowest BCUT2D eigenvalue weighted by Gasteiger charge is -2.15. The average Bonchev–Trinajstić information content (AvgIpc) is 2.60. The summed E-state index contributed by atoms with van der Waals surface area (Å²) in [6, 6.07) is 24.0. The molecule has 2 N–H and O–H groups in total. The second-order valence-electron chi connectivity index (χ2n) is 5.80. The van der Waals surface area contributed by atoms with Gasteiger partial charge in [0.05, 0.1) is 0 Å². The lowest BCUT2D eigenvalue weighted by atomic mass is 9.74. The summed E-state index contributed by atoms with van der Waals surface area (Å²) in [5, 5.41) is 23.8. The molecule has 0 spiro atoms. The van der Waals surface area contributed by atoms with Gasteiger partial charge < -0.3 is 10.0 Å². The molecule has 0 heterocycles. The second kappa shape index (κ2) is 6.06. The van der Waals surface area contributed by atoms with Crippen molar-refractivity contribution >= 4 is 50.1 Å². The van der Waals surface area contributed by atoms with Gasteiger partial charge in [-0.15, -0.1) is 0 Å². The van der Waals surface area contributed by atoms with Gasteiger partial charge in [0.1, 0.15) is 0 Å². The van der Waals surface area contributed by atoms with Gasteiger partial charge in [-0.2, -0.15) is 0 Å². The average molecular weight is 377 g/mol. The van der Waals surface area contributed by atoms with Gasteiger partial charge in [-0.05, 0) is 56.3 Å². The molecule has 0 bridgehead atoms. The zero-order valence-corrected chi connectivity index (χ0v) is 14.4. The first-order chi connectivity index (χ1) is 11.6. The Morgan fingerprint density at radius 3 is 2.21 bits per heavy atom. The fraction of sp³-hybridized carbons (Fsp3) is 0. The normalized spacial score (nSPS) is 11.1. The molecule has 0 aliphatic rings. The first-order valence-corrected chi connectivity index (χ1v) is 8.51. The summed E-state index contributed by atoms with van der Waals surface area (Å²) in [6.45, 7) is 0. The van der Waals surface area contributed by atoms with Gasteiger partial charge in [-0.25, -0.2) is 0 Å². The van der Waals surface area contributed by atoms with Crippen molar-refractivity contribution in [3.8, 4) is 11.1 Å². The van der Waals surface area contributed by atoms with Gasteiger partial charge in [-0.1, -0.05) is 70.5 Å². The highest BCUT2D eigenvalue weighted by Gasteiger charge is 2.19. The molecule has 0 fully saturated rings. The fourth-order valence-electron chi connectivity index (χ4n) is 3.28. The number of hydrogen-bond donors (Lipinski definition) is 2. The summed E-state index contributed by atoms with van der Waals surface area (Å²) in [7, 11) is -1.51. The molecule has 0 saturated heterocycles. The van der Waals surface area contributed by atoms with Crippen LogP contribution in [0, 0.1) is 0 Å². The molecule has 0 aliphatic carbocycles. The topological polar surface area (TPSA) is 40.5 Å². The van der Waals surface area contributed by atoms with Crippen molar-refractivity contribution in [2.24, 2.45) is 0 Å². The molecule has 4 aromatic rings. The molecular formula is C20H14BBrO2. The molecule has 4 aromatic carbocycles. The van der Waals surface area contributed by atoms with E-state index in [4.69, 9.17) is 0 Å². The summed E-state index contributed by atoms with van der Waals surface area (Å²) < 4.78 is 1.01. The van der Waals surface area contributed by atoms with Crippen LogP contribution in [0.25, 0.3) is 32.7 Å². The van der Waals surface area contributed by atoms with Crippen LogP contribution in [0.2, 0.25) is 0 Å². The summed E-state index contributed by atoms with van der Waals surface area (Å²) in [4.78, 5) is 0. The van der Waals surface area contributed by atoms with Crippen LogP contribution in [0.4, 0.5) is 0 Å². The largest absolute Gasteiger partial charge is 0.489 e. The zero-order chi connectivity index (χ0) is 16.7. The minimum Gasteiger partial charge on any atom is -0.423 e. The SMILES string of the molecule is OB(O)c1cccc2cc3ccccc3c(-c3ccc(Br)cc3)c12. The van der Waals surface area contributed by atoms with Gasteiger partial charge in [0, 0.05) is 4.47 Å². The summed E-state index contributed by atoms with van der Waals surface area (Å²) in [5.74, 6) is 0. The van der Waals surface area contributed by atoms with Crippen LogP contribution in [-0.4, -0.2) is 17.2 Å². The van der Waals surface area contributed by atoms with Crippen LogP contribution in [0.15, 0.2) is 77.3 Å². The fourth-order valence-corrected chi connectivity index (χ4v) is 3.55. The Hall–Kier alpha value is -2.14. The second-order valence-corrected chi connectivity index (χ2v) is 6.71. The van der Waals surface area contributed by atoms with E-state index in [1.807, 2.05) is 48.5 Å². The van der Waals surface area contributed by atoms with Crippen LogP contribution in [0.1, 0.15) is 0 Å². The quantitative estimate of drug-likeness (QED) is 0.408. The maximum Gasteiger partial charge on any atom is 0.489 e. The molecule has 0 amide bonds. The third-order valence-corrected chi connectivity index (χ3v) is 4.86. The van der Waals surface area contributed by atoms with Crippen LogP contribution in [0.3, 0.4) is 0 Å². The molecule has 0 radical (unpaired) electrons. The van der Waals surface area contributed by atoms with Crippen molar-refractivity contribution in [3.63, 3.8) is 0 Å². The van der Waals surface area contributed by atoms with E-state index in [0.29, 0.717) is 5.46 Å². The molecule has 4 heteroatoms. The van der Waals surface area contributed by atoms with Crippen LogP contribution < -0.4 is 5.46 Å². The van der Waals surface area contributed by atoms with E-state index in [9.17, 15) is 10.0 Å². The van der Waals surface area contributed by atoms with Crippen molar-refractivity contribution in [1.29, 1.82) is 0 Å². The molecule has 116 valence electrons. The first-order valence-electron chi connectivity index (χ1n) is 7.71. The highest BCUT2D eigenvalue weighted by atomic mass is 79.9. The maximum atomic E-state index is 9.86. The lowest BCUT2D eigenvalue weighted by molar-refractivity contribution is 0.426. The number of rotatable bonds is 2. The maximum absolute atomic E-state index is 9.86. The third kappa shape index (κ3) is 2.53. The van der Waals surface area contributed by atoms with Gasteiger partial charge in [0.15, 0.2) is 0 Å². The molecule has 0 unspecified atom stereocenters. The van der Waals surface area contributed by atoms with E-state index < -0.39 is 7.12 Å². The Labute approximate surface area is 148 Å². The predicted molar refractivity (Wildman–Crippen MR) is 104 cm³/mol. The number of fused-ring (bicyclic) bond motifs is 2. The van der Waals surface area contributed by atoms with Crippen LogP contribution >= 0.6 is 15.9 Å². The predicted octanol–water partition coefficient (Wildman–Crippen LogP) is 4.10. The number of benzene rings is 4. The Morgan fingerprint density at radius 1 is 0.750 bits per heavy atom. The summed E-state index contributed by atoms with van der Waals surface area (Å²) in [6.07, 6.45) is 0. The molecule has 2 nitrogen and oxygen atoms in total. The monoisotopic (exact) mass is 376 g/mol. The molecule has 0 saturated carbocycles. The van der Waals surface area contributed by atoms with Gasteiger partial charge in [-0.3, -0.25) is 0 Å². The van der Waals surface area contributed by atoms with E-state index >= 15 is 0 Å². The van der Waals surface area contributed by atoms with Gasteiger partial charge >= 0.3 is 7.12 Å². The minimum absolute atomic E-state index is 0.524. The van der Waals surface area contributed by atoms with Crippen molar-refractivity contribution in [3.05, 3.63) is 77.3 Å². The standard InChI is InChI=1S/C20H14BBrO2/c22-16-10-8-13(9-11-16)19-17-6-2-1-4-14(17)12-15-5-3-7-18(20(15)19)21(23)24/h1-12,23-24H. The summed E-state index contributed by atoms with van der Waals surface area (Å²) >= 11 is 3.48. The molecule has 0 atom stereocenters. The highest BCUT2D eigenvalue weighted by molar-refractivity contribution is 9.10.